The number of nitrogens with one attached hydrogen (secondary N) is 1. The molecule has 3 aromatic carbocycles. The molecule has 9 nitrogen and oxygen atoms in total. The largest absolute Gasteiger partial charge is 0.497 e. The van der Waals surface area contributed by atoms with Crippen molar-refractivity contribution in [1.82, 2.24) is 10.2 Å². The zero-order valence-corrected chi connectivity index (χ0v) is 30.3. The number of anilines is 1. The van der Waals surface area contributed by atoms with Crippen LogP contribution in [0, 0.1) is 6.92 Å². The van der Waals surface area contributed by atoms with Crippen molar-refractivity contribution in [3.63, 3.8) is 0 Å². The van der Waals surface area contributed by atoms with E-state index in [-0.39, 0.29) is 23.0 Å². The molecule has 5 atom stereocenters. The van der Waals surface area contributed by atoms with Crippen LogP contribution in [0.5, 0.6) is 11.5 Å². The zero-order chi connectivity index (χ0) is 34.4. The van der Waals surface area contributed by atoms with Gasteiger partial charge in [-0.15, -0.1) is 0 Å². The molecular formula is C39H53N3O6S. The van der Waals surface area contributed by atoms with Gasteiger partial charge in [-0.3, -0.25) is 0 Å². The van der Waals surface area contributed by atoms with Crippen molar-refractivity contribution in [2.45, 2.75) is 80.4 Å². The van der Waals surface area contributed by atoms with Crippen molar-refractivity contribution in [2.24, 2.45) is 0 Å². The third kappa shape index (κ3) is 8.43. The van der Waals surface area contributed by atoms with Crippen LogP contribution in [0.3, 0.4) is 0 Å². The molecule has 10 heteroatoms. The summed E-state index contributed by atoms with van der Waals surface area (Å²) in [6.45, 7) is 9.90. The van der Waals surface area contributed by atoms with Gasteiger partial charge in [0, 0.05) is 44.8 Å². The molecule has 6 rings (SSSR count). The fourth-order valence-electron chi connectivity index (χ4n) is 7.64. The maximum atomic E-state index is 14.6. The maximum absolute atomic E-state index is 14.6. The van der Waals surface area contributed by atoms with Gasteiger partial charge in [-0.25, -0.2) is 8.42 Å². The first kappa shape index (κ1) is 35.7. The van der Waals surface area contributed by atoms with Gasteiger partial charge < -0.3 is 34.1 Å². The molecule has 3 aliphatic rings. The molecule has 266 valence electrons. The van der Waals surface area contributed by atoms with Crippen LogP contribution in [0.4, 0.5) is 5.69 Å². The van der Waals surface area contributed by atoms with Crippen molar-refractivity contribution in [2.75, 3.05) is 65.1 Å². The Kier molecular flexibility index (Phi) is 11.8. The van der Waals surface area contributed by atoms with E-state index in [1.807, 2.05) is 49.4 Å². The Morgan fingerprint density at radius 2 is 1.73 bits per heavy atom. The quantitative estimate of drug-likeness (QED) is 0.201. The lowest BCUT2D eigenvalue weighted by atomic mass is 9.82. The first-order valence-electron chi connectivity index (χ1n) is 17.8. The SMILES string of the molecule is COCCCN1CCOc2ccc(C(O[C@H]3CN[C@@H](CC(C)N4CCCC4)C[C@@H]3c3ccc(OC)cc3)S(=O)(=O)c3ccc(C)cc3)cc21. The van der Waals surface area contributed by atoms with Crippen molar-refractivity contribution < 1.29 is 27.4 Å². The van der Waals surface area contributed by atoms with Crippen LogP contribution in [-0.4, -0.2) is 91.7 Å². The molecule has 0 bridgehead atoms. The summed E-state index contributed by atoms with van der Waals surface area (Å²) in [5.41, 5.74) is 2.40. The highest BCUT2D eigenvalue weighted by molar-refractivity contribution is 7.91. The first-order chi connectivity index (χ1) is 23.8. The molecular weight excluding hydrogens is 639 g/mol. The lowest BCUT2D eigenvalue weighted by Gasteiger charge is -2.40. The lowest BCUT2D eigenvalue weighted by molar-refractivity contribution is -0.00820. The average Bonchev–Trinajstić information content (AvgIpc) is 3.67. The molecule has 3 aliphatic heterocycles. The van der Waals surface area contributed by atoms with Gasteiger partial charge in [0.1, 0.15) is 18.1 Å². The highest BCUT2D eigenvalue weighted by Gasteiger charge is 2.40. The maximum Gasteiger partial charge on any atom is 0.209 e. The molecule has 0 aromatic heterocycles. The van der Waals surface area contributed by atoms with E-state index in [2.05, 4.69) is 34.2 Å². The van der Waals surface area contributed by atoms with Crippen molar-refractivity contribution in [3.05, 3.63) is 83.4 Å². The minimum Gasteiger partial charge on any atom is -0.497 e. The molecule has 0 saturated carbocycles. The van der Waals surface area contributed by atoms with E-state index >= 15 is 0 Å². The number of nitrogens with zero attached hydrogens (tertiary/aromatic N) is 2. The Morgan fingerprint density at radius 3 is 2.45 bits per heavy atom. The van der Waals surface area contributed by atoms with Crippen LogP contribution in [0.2, 0.25) is 0 Å². The van der Waals surface area contributed by atoms with Crippen molar-refractivity contribution in [3.8, 4) is 11.5 Å². The normalized spacial score (nSPS) is 22.7. The predicted octanol–water partition coefficient (Wildman–Crippen LogP) is 6.12. The van der Waals surface area contributed by atoms with Gasteiger partial charge in [-0.05, 0) is 107 Å². The highest BCUT2D eigenvalue weighted by atomic mass is 32.2. The summed E-state index contributed by atoms with van der Waals surface area (Å²) in [7, 11) is -0.573. The summed E-state index contributed by atoms with van der Waals surface area (Å²) in [5, 5.41) is 3.78. The summed E-state index contributed by atoms with van der Waals surface area (Å²) >= 11 is 0. The number of ether oxygens (including phenoxy) is 4. The third-order valence-corrected chi connectivity index (χ3v) is 12.3. The minimum absolute atomic E-state index is 0.00912. The Hall–Kier alpha value is -3.15. The lowest BCUT2D eigenvalue weighted by Crippen LogP contribution is -2.50. The van der Waals surface area contributed by atoms with Gasteiger partial charge in [0.05, 0.1) is 30.3 Å². The Morgan fingerprint density at radius 1 is 0.980 bits per heavy atom. The van der Waals surface area contributed by atoms with E-state index < -0.39 is 15.3 Å². The Balaban J connectivity index is 1.34. The molecule has 1 N–H and O–H groups in total. The average molecular weight is 692 g/mol. The van der Waals surface area contributed by atoms with E-state index in [4.69, 9.17) is 18.9 Å². The molecule has 0 spiro atoms. The number of fused-ring (bicyclic) bond motifs is 1. The number of hydrogen-bond acceptors (Lipinski definition) is 9. The van der Waals surface area contributed by atoms with E-state index in [0.717, 1.165) is 73.8 Å². The first-order valence-corrected chi connectivity index (χ1v) is 19.4. The van der Waals surface area contributed by atoms with Gasteiger partial charge in [-0.2, -0.15) is 0 Å². The highest BCUT2D eigenvalue weighted by Crippen LogP contribution is 2.42. The fourth-order valence-corrected chi connectivity index (χ4v) is 9.20. The summed E-state index contributed by atoms with van der Waals surface area (Å²) in [6.07, 6.45) is 4.89. The summed E-state index contributed by atoms with van der Waals surface area (Å²) in [4.78, 5) is 5.09. The molecule has 49 heavy (non-hydrogen) atoms. The van der Waals surface area contributed by atoms with Crippen LogP contribution in [0.15, 0.2) is 71.6 Å². The minimum atomic E-state index is -3.95. The number of benzene rings is 3. The topological polar surface area (TPSA) is 89.6 Å². The number of hydrogen-bond donors (Lipinski definition) is 1. The second kappa shape index (κ2) is 16.2. The Bertz CT molecular complexity index is 1610. The van der Waals surface area contributed by atoms with E-state index in [1.165, 1.54) is 12.8 Å². The number of rotatable bonds is 14. The Labute approximate surface area is 292 Å². The molecule has 2 unspecified atom stereocenters. The van der Waals surface area contributed by atoms with Gasteiger partial charge >= 0.3 is 0 Å². The van der Waals surface area contributed by atoms with Crippen LogP contribution < -0.4 is 19.7 Å². The van der Waals surface area contributed by atoms with Crippen LogP contribution >= 0.6 is 0 Å². The number of methoxy groups -OCH3 is 2. The third-order valence-electron chi connectivity index (χ3n) is 10.4. The summed E-state index contributed by atoms with van der Waals surface area (Å²) in [5.74, 6) is 1.54. The molecule has 3 heterocycles. The monoisotopic (exact) mass is 691 g/mol. The standard InChI is InChI=1S/C39H53N3O6S/c1-28-8-15-34(16-9-28)49(43,44)39(31-12-17-37-36(25-31)42(21-23-47-37)20-7-22-45-3)48-38-27-40-32(24-29(2)41-18-5-6-19-41)26-35(38)30-10-13-33(46-4)14-11-30/h8-17,25,29,32,35,38-40H,5-7,18-24,26-27H2,1-4H3/t29?,32-,35+,38-,39?/m0/s1. The fraction of sp³-hybridized carbons (Fsp3) is 0.538. The molecule has 3 aromatic rings. The second-order valence-electron chi connectivity index (χ2n) is 13.8. The van der Waals surface area contributed by atoms with Crippen molar-refractivity contribution >= 4 is 15.5 Å². The van der Waals surface area contributed by atoms with Gasteiger partial charge in [-0.1, -0.05) is 35.9 Å². The molecule has 2 saturated heterocycles. The zero-order valence-electron chi connectivity index (χ0n) is 29.5. The van der Waals surface area contributed by atoms with Crippen LogP contribution in [-0.2, 0) is 19.3 Å². The van der Waals surface area contributed by atoms with Gasteiger partial charge in [0.15, 0.2) is 5.44 Å². The second-order valence-corrected chi connectivity index (χ2v) is 15.8. The molecule has 0 radical (unpaired) electrons. The van der Waals surface area contributed by atoms with E-state index in [0.29, 0.717) is 31.4 Å². The summed E-state index contributed by atoms with van der Waals surface area (Å²) < 4.78 is 53.0. The number of aryl methyl sites for hydroxylation is 1. The predicted molar refractivity (Wildman–Crippen MR) is 194 cm³/mol. The number of piperidine rings is 1. The molecule has 0 amide bonds. The molecule has 2 fully saturated rings. The summed E-state index contributed by atoms with van der Waals surface area (Å²) in [6, 6.07) is 21.7. The van der Waals surface area contributed by atoms with Crippen LogP contribution in [0.1, 0.15) is 67.1 Å². The van der Waals surface area contributed by atoms with Crippen molar-refractivity contribution in [1.29, 1.82) is 0 Å². The van der Waals surface area contributed by atoms with Gasteiger partial charge in [0.2, 0.25) is 9.84 Å². The van der Waals surface area contributed by atoms with Crippen LogP contribution in [0.25, 0.3) is 0 Å². The number of likely N-dealkylation sites (tertiary alicyclic amines) is 1. The van der Waals surface area contributed by atoms with E-state index in [9.17, 15) is 8.42 Å². The van der Waals surface area contributed by atoms with Gasteiger partial charge in [0.25, 0.3) is 0 Å². The smallest absolute Gasteiger partial charge is 0.209 e. The number of sulfone groups is 1. The molecule has 0 aliphatic carbocycles. The van der Waals surface area contributed by atoms with E-state index in [1.54, 1.807) is 26.4 Å².